The Hall–Kier alpha value is -0.760. The maximum atomic E-state index is 12.8. The third kappa shape index (κ3) is 35.6. The summed E-state index contributed by atoms with van der Waals surface area (Å²) in [5.41, 5.74) is 0. The SMILES string of the molecule is CCCCCCCCC/C=C\CCCCCCCCCC(=O)NC(COP(=O)([O-])OCC[N+](C)(C)C)C(O)CCCCCCCCCCCC. The van der Waals surface area contributed by atoms with Crippen molar-refractivity contribution in [2.75, 3.05) is 40.9 Å². The number of hydrogen-bond acceptors (Lipinski definition) is 6. The van der Waals surface area contributed by atoms with E-state index in [0.717, 1.165) is 38.5 Å². The van der Waals surface area contributed by atoms with Gasteiger partial charge < -0.3 is 28.8 Å². The van der Waals surface area contributed by atoms with Crippen LogP contribution in [0, 0.1) is 0 Å². The molecule has 1 amide bonds. The summed E-state index contributed by atoms with van der Waals surface area (Å²) >= 11 is 0. The fraction of sp³-hybridized carbons (Fsp3) is 0.927. The summed E-state index contributed by atoms with van der Waals surface area (Å²) in [4.78, 5) is 25.2. The second-order valence-electron chi connectivity index (χ2n) is 15.7. The molecule has 0 heterocycles. The van der Waals surface area contributed by atoms with Gasteiger partial charge in [-0.25, -0.2) is 0 Å². The summed E-state index contributed by atoms with van der Waals surface area (Å²) in [6, 6.07) is -0.796. The topological polar surface area (TPSA) is 108 Å². The lowest BCUT2D eigenvalue weighted by molar-refractivity contribution is -0.870. The fourth-order valence-electron chi connectivity index (χ4n) is 6.09. The van der Waals surface area contributed by atoms with E-state index in [1.807, 2.05) is 21.1 Å². The van der Waals surface area contributed by atoms with Crippen LogP contribution in [0.5, 0.6) is 0 Å². The molecule has 0 aromatic heterocycles. The van der Waals surface area contributed by atoms with Crippen molar-refractivity contribution < 1.29 is 32.9 Å². The highest BCUT2D eigenvalue weighted by molar-refractivity contribution is 7.45. The highest BCUT2D eigenvalue weighted by Crippen LogP contribution is 2.38. The summed E-state index contributed by atoms with van der Waals surface area (Å²) in [6.07, 6.45) is 36.4. The van der Waals surface area contributed by atoms with Crippen LogP contribution in [0.1, 0.15) is 194 Å². The molecule has 0 saturated heterocycles. The Morgan fingerprint density at radius 2 is 1.10 bits per heavy atom. The summed E-state index contributed by atoms with van der Waals surface area (Å²) in [6.45, 7) is 4.69. The number of phosphoric ester groups is 1. The normalized spacial score (nSPS) is 14.6. The zero-order valence-corrected chi connectivity index (χ0v) is 34.5. The highest BCUT2D eigenvalue weighted by Gasteiger charge is 2.24. The molecule has 50 heavy (non-hydrogen) atoms. The minimum atomic E-state index is -4.55. The number of nitrogens with one attached hydrogen (secondary N) is 1. The van der Waals surface area contributed by atoms with E-state index >= 15 is 0 Å². The van der Waals surface area contributed by atoms with Gasteiger partial charge in [-0.05, 0) is 38.5 Å². The molecule has 8 nitrogen and oxygen atoms in total. The predicted molar refractivity (Wildman–Crippen MR) is 210 cm³/mol. The molecule has 298 valence electrons. The van der Waals surface area contributed by atoms with Crippen LogP contribution in [0.3, 0.4) is 0 Å². The first-order valence-electron chi connectivity index (χ1n) is 21.0. The number of unbranched alkanes of at least 4 members (excludes halogenated alkanes) is 23. The van der Waals surface area contributed by atoms with Crippen molar-refractivity contribution in [3.8, 4) is 0 Å². The Morgan fingerprint density at radius 1 is 0.680 bits per heavy atom. The van der Waals surface area contributed by atoms with E-state index in [4.69, 9.17) is 9.05 Å². The second kappa shape index (κ2) is 34.0. The van der Waals surface area contributed by atoms with Crippen molar-refractivity contribution >= 4 is 13.7 Å². The second-order valence-corrected chi connectivity index (χ2v) is 17.1. The Morgan fingerprint density at radius 3 is 1.56 bits per heavy atom. The van der Waals surface area contributed by atoms with E-state index in [0.29, 0.717) is 23.9 Å². The first-order chi connectivity index (χ1) is 24.0. The molecule has 0 rings (SSSR count). The van der Waals surface area contributed by atoms with Crippen LogP contribution >= 0.6 is 7.82 Å². The van der Waals surface area contributed by atoms with Crippen molar-refractivity contribution in [1.29, 1.82) is 0 Å². The number of phosphoric acid groups is 1. The van der Waals surface area contributed by atoms with Gasteiger partial charge in [0.05, 0.1) is 39.9 Å². The predicted octanol–water partition coefficient (Wildman–Crippen LogP) is 10.6. The van der Waals surface area contributed by atoms with Gasteiger partial charge in [0.15, 0.2) is 0 Å². The summed E-state index contributed by atoms with van der Waals surface area (Å²) < 4.78 is 23.2. The molecule has 3 atom stereocenters. The minimum absolute atomic E-state index is 0.0128. The van der Waals surface area contributed by atoms with Crippen molar-refractivity contribution in [1.82, 2.24) is 5.32 Å². The van der Waals surface area contributed by atoms with Crippen molar-refractivity contribution in [2.45, 2.75) is 206 Å². The molecule has 0 saturated carbocycles. The van der Waals surface area contributed by atoms with E-state index in [1.54, 1.807) is 0 Å². The van der Waals surface area contributed by atoms with Gasteiger partial charge in [0.25, 0.3) is 7.82 Å². The maximum absolute atomic E-state index is 12.8. The molecular formula is C41H83N2O6P. The molecule has 3 unspecified atom stereocenters. The molecule has 9 heteroatoms. The number of carbonyl (C=O) groups excluding carboxylic acids is 1. The van der Waals surface area contributed by atoms with Crippen LogP contribution in [0.25, 0.3) is 0 Å². The maximum Gasteiger partial charge on any atom is 0.268 e. The van der Waals surface area contributed by atoms with E-state index in [9.17, 15) is 19.4 Å². The van der Waals surface area contributed by atoms with Crippen LogP contribution in [0.2, 0.25) is 0 Å². The molecule has 0 aliphatic rings. The first-order valence-corrected chi connectivity index (χ1v) is 22.5. The van der Waals surface area contributed by atoms with E-state index < -0.39 is 20.0 Å². The molecule has 0 spiro atoms. The smallest absolute Gasteiger partial charge is 0.268 e. The van der Waals surface area contributed by atoms with Gasteiger partial charge in [0.1, 0.15) is 13.2 Å². The monoisotopic (exact) mass is 731 g/mol. The molecule has 0 aliphatic heterocycles. The third-order valence-electron chi connectivity index (χ3n) is 9.50. The number of rotatable bonds is 38. The Balaban J connectivity index is 4.33. The molecule has 0 aliphatic carbocycles. The first kappa shape index (κ1) is 49.2. The Labute approximate surface area is 310 Å². The number of allylic oxidation sites excluding steroid dienone is 2. The number of carbonyl (C=O) groups is 1. The van der Waals surface area contributed by atoms with Crippen molar-refractivity contribution in [2.24, 2.45) is 0 Å². The molecule has 0 radical (unpaired) electrons. The number of quaternary nitrogens is 1. The number of nitrogens with zero attached hydrogens (tertiary/aromatic N) is 1. The average molecular weight is 731 g/mol. The number of likely N-dealkylation sites (N-methyl/N-ethyl adjacent to an activating group) is 1. The number of amides is 1. The number of aliphatic hydroxyl groups is 1. The largest absolute Gasteiger partial charge is 0.756 e. The summed E-state index contributed by atoms with van der Waals surface area (Å²) in [5, 5.41) is 13.8. The summed E-state index contributed by atoms with van der Waals surface area (Å²) in [5.74, 6) is -0.171. The van der Waals surface area contributed by atoms with Crippen LogP contribution in [-0.2, 0) is 18.4 Å². The fourth-order valence-corrected chi connectivity index (χ4v) is 6.81. The van der Waals surface area contributed by atoms with Crippen molar-refractivity contribution in [3.05, 3.63) is 12.2 Å². The standard InChI is InChI=1S/C41H83N2O6P/c1-6-8-10-12-14-16-18-19-20-21-22-23-24-25-27-29-31-33-35-41(45)42-39(38-49-50(46,47)48-37-36-43(3,4)5)40(44)34-32-30-28-26-17-15-13-11-9-7-2/h20-21,39-40,44H,6-19,22-38H2,1-5H3,(H-,42,45,46,47)/b21-20-. The zero-order valence-electron chi connectivity index (χ0n) is 33.6. The molecule has 0 bridgehead atoms. The lowest BCUT2D eigenvalue weighted by Gasteiger charge is -2.30. The van der Waals surface area contributed by atoms with Gasteiger partial charge in [-0.1, -0.05) is 161 Å². The lowest BCUT2D eigenvalue weighted by atomic mass is 10.0. The molecule has 0 fully saturated rings. The van der Waals surface area contributed by atoms with Crippen LogP contribution in [0.15, 0.2) is 12.2 Å². The van der Waals surface area contributed by atoms with Gasteiger partial charge in [0, 0.05) is 6.42 Å². The van der Waals surface area contributed by atoms with Gasteiger partial charge in [-0.15, -0.1) is 0 Å². The van der Waals surface area contributed by atoms with E-state index in [2.05, 4.69) is 31.3 Å². The Bertz CT molecular complexity index is 834. The molecule has 0 aromatic carbocycles. The molecular weight excluding hydrogens is 647 g/mol. The van der Waals surface area contributed by atoms with Gasteiger partial charge >= 0.3 is 0 Å². The lowest BCUT2D eigenvalue weighted by Crippen LogP contribution is -2.46. The van der Waals surface area contributed by atoms with Gasteiger partial charge in [-0.2, -0.15) is 0 Å². The van der Waals surface area contributed by atoms with E-state index in [1.165, 1.54) is 128 Å². The number of aliphatic hydroxyl groups excluding tert-OH is 1. The van der Waals surface area contributed by atoms with Gasteiger partial charge in [-0.3, -0.25) is 9.36 Å². The van der Waals surface area contributed by atoms with Crippen LogP contribution in [-0.4, -0.2) is 68.5 Å². The van der Waals surface area contributed by atoms with Crippen LogP contribution < -0.4 is 10.2 Å². The highest BCUT2D eigenvalue weighted by atomic mass is 31.2. The summed E-state index contributed by atoms with van der Waals surface area (Å²) in [7, 11) is 1.30. The zero-order chi connectivity index (χ0) is 37.2. The third-order valence-corrected chi connectivity index (χ3v) is 10.5. The van der Waals surface area contributed by atoms with Crippen LogP contribution in [0.4, 0.5) is 0 Å². The average Bonchev–Trinajstić information content (AvgIpc) is 3.06. The van der Waals surface area contributed by atoms with E-state index in [-0.39, 0.29) is 19.1 Å². The number of hydrogen-bond donors (Lipinski definition) is 2. The van der Waals surface area contributed by atoms with Crippen molar-refractivity contribution in [3.63, 3.8) is 0 Å². The quantitative estimate of drug-likeness (QED) is 0.0283. The molecule has 2 N–H and O–H groups in total. The Kier molecular flexibility index (Phi) is 33.5. The van der Waals surface area contributed by atoms with Gasteiger partial charge in [0.2, 0.25) is 5.91 Å². The minimum Gasteiger partial charge on any atom is -0.756 e. The molecule has 0 aromatic rings.